The van der Waals surface area contributed by atoms with E-state index in [0.717, 1.165) is 0 Å². The lowest BCUT2D eigenvalue weighted by molar-refractivity contribution is 0.162. The number of halogens is 8. The summed E-state index contributed by atoms with van der Waals surface area (Å²) in [4.78, 5) is 0. The molecule has 0 nitrogen and oxygen atoms in total. The molecule has 0 heterocycles. The third kappa shape index (κ3) is 1.85. The van der Waals surface area contributed by atoms with Gasteiger partial charge in [-0.05, 0) is 0 Å². The van der Waals surface area contributed by atoms with Crippen LogP contribution >= 0.6 is 23.2 Å². The zero-order valence-corrected chi connectivity index (χ0v) is 8.19. The first-order valence-electron chi connectivity index (χ1n) is 3.47. The van der Waals surface area contributed by atoms with E-state index in [1.54, 1.807) is 0 Å². The predicted molar refractivity (Wildman–Crippen MR) is 42.7 cm³/mol. The van der Waals surface area contributed by atoms with Crippen LogP contribution in [-0.2, 0) is 0 Å². The molecule has 1 atom stereocenters. The van der Waals surface area contributed by atoms with Crippen LogP contribution in [0.1, 0.15) is 0 Å². The van der Waals surface area contributed by atoms with Crippen molar-refractivity contribution in [2.45, 2.75) is 16.9 Å². The van der Waals surface area contributed by atoms with Crippen LogP contribution in [-0.4, -0.2) is 16.9 Å². The van der Waals surface area contributed by atoms with Gasteiger partial charge >= 0.3 is 0 Å². The van der Waals surface area contributed by atoms with E-state index in [1.807, 2.05) is 0 Å². The van der Waals surface area contributed by atoms with Gasteiger partial charge in [0.2, 0.25) is 0 Å². The van der Waals surface area contributed by atoms with Gasteiger partial charge < -0.3 is 0 Å². The number of hydrogen-bond donors (Lipinski definition) is 0. The Bertz CT molecular complexity index is 345. The fourth-order valence-corrected chi connectivity index (χ4v) is 1.54. The Morgan fingerprint density at radius 2 is 1.53 bits per heavy atom. The molecule has 0 spiro atoms. The second kappa shape index (κ2) is 3.90. The third-order valence-electron chi connectivity index (χ3n) is 1.76. The molecule has 0 saturated heterocycles. The van der Waals surface area contributed by atoms with Gasteiger partial charge in [-0.1, -0.05) is 23.2 Å². The van der Waals surface area contributed by atoms with Gasteiger partial charge in [0, 0.05) is 0 Å². The Morgan fingerprint density at radius 3 is 1.93 bits per heavy atom. The zero-order valence-electron chi connectivity index (χ0n) is 6.68. The van der Waals surface area contributed by atoms with Gasteiger partial charge in [0.1, 0.15) is 0 Å². The molecular formula is C7H2Cl2F6. The van der Waals surface area contributed by atoms with Gasteiger partial charge in [-0.3, -0.25) is 0 Å². The molecule has 0 fully saturated rings. The van der Waals surface area contributed by atoms with Gasteiger partial charge in [0.05, 0.1) is 5.57 Å². The standard InChI is InChI=1S/C7H2Cl2F6/c8-7(9)1(6(14)15)2(10)3(11)4(12)5(7)13/h5-6H. The van der Waals surface area contributed by atoms with E-state index >= 15 is 0 Å². The molecule has 1 aliphatic rings. The Morgan fingerprint density at radius 1 is 1.07 bits per heavy atom. The highest BCUT2D eigenvalue weighted by Gasteiger charge is 2.52. The SMILES string of the molecule is FC1=C(F)C(F)C(Cl)(Cl)C(C(F)F)=C1F. The Labute approximate surface area is 90.1 Å². The first-order chi connectivity index (χ1) is 6.71. The highest BCUT2D eigenvalue weighted by Crippen LogP contribution is 2.49. The summed E-state index contributed by atoms with van der Waals surface area (Å²) in [7, 11) is 0. The van der Waals surface area contributed by atoms with Crippen molar-refractivity contribution in [3.63, 3.8) is 0 Å². The molecule has 15 heavy (non-hydrogen) atoms. The fourth-order valence-electron chi connectivity index (χ4n) is 1.02. The first-order valence-corrected chi connectivity index (χ1v) is 4.22. The van der Waals surface area contributed by atoms with Crippen LogP contribution in [0.5, 0.6) is 0 Å². The highest BCUT2D eigenvalue weighted by atomic mass is 35.5. The van der Waals surface area contributed by atoms with Crippen molar-refractivity contribution in [2.24, 2.45) is 0 Å². The topological polar surface area (TPSA) is 0 Å². The molecule has 0 saturated carbocycles. The van der Waals surface area contributed by atoms with E-state index < -0.39 is 40.0 Å². The number of allylic oxidation sites excluding steroid dienone is 4. The van der Waals surface area contributed by atoms with Crippen molar-refractivity contribution < 1.29 is 26.3 Å². The maximum atomic E-state index is 12.9. The van der Waals surface area contributed by atoms with Crippen LogP contribution in [0.2, 0.25) is 0 Å². The van der Waals surface area contributed by atoms with Crippen molar-refractivity contribution >= 4 is 23.2 Å². The summed E-state index contributed by atoms with van der Waals surface area (Å²) in [6, 6.07) is 0. The molecule has 0 amide bonds. The van der Waals surface area contributed by atoms with Crippen molar-refractivity contribution in [2.75, 3.05) is 0 Å². The minimum Gasteiger partial charge on any atom is -0.236 e. The molecule has 0 aliphatic heterocycles. The van der Waals surface area contributed by atoms with Crippen LogP contribution in [0.3, 0.4) is 0 Å². The summed E-state index contributed by atoms with van der Waals surface area (Å²) >= 11 is 10.0. The molecule has 86 valence electrons. The van der Waals surface area contributed by atoms with Crippen molar-refractivity contribution in [1.82, 2.24) is 0 Å². The third-order valence-corrected chi connectivity index (χ3v) is 2.55. The van der Waals surface area contributed by atoms with Gasteiger partial charge in [-0.15, -0.1) is 0 Å². The first kappa shape index (κ1) is 12.7. The average Bonchev–Trinajstić information content (AvgIpc) is 2.11. The minimum atomic E-state index is -3.63. The predicted octanol–water partition coefficient (Wildman–Crippen LogP) is 4.15. The molecule has 0 aromatic heterocycles. The lowest BCUT2D eigenvalue weighted by Crippen LogP contribution is -2.37. The number of alkyl halides is 5. The second-order valence-corrected chi connectivity index (χ2v) is 4.06. The summed E-state index contributed by atoms with van der Waals surface area (Å²) in [6.45, 7) is 0. The molecule has 8 heteroatoms. The number of hydrogen-bond acceptors (Lipinski definition) is 0. The highest BCUT2D eigenvalue weighted by molar-refractivity contribution is 6.51. The van der Waals surface area contributed by atoms with E-state index in [9.17, 15) is 26.3 Å². The maximum Gasteiger partial charge on any atom is 0.266 e. The summed E-state index contributed by atoms with van der Waals surface area (Å²) in [6.07, 6.45) is -6.69. The molecule has 1 unspecified atom stereocenters. The van der Waals surface area contributed by atoms with Gasteiger partial charge in [-0.2, -0.15) is 0 Å². The molecule has 1 rings (SSSR count). The van der Waals surface area contributed by atoms with E-state index in [1.165, 1.54) is 0 Å². The average molecular weight is 271 g/mol. The smallest absolute Gasteiger partial charge is 0.236 e. The minimum absolute atomic E-state index is 1.81. The molecule has 0 aromatic carbocycles. The molecule has 0 N–H and O–H groups in total. The summed E-state index contributed by atoms with van der Waals surface area (Å²) in [5.41, 5.74) is -1.81. The van der Waals surface area contributed by atoms with Crippen molar-refractivity contribution in [3.05, 3.63) is 23.1 Å². The molecule has 1 aliphatic carbocycles. The Balaban J connectivity index is 3.42. The maximum absolute atomic E-state index is 12.9. The Kier molecular flexibility index (Phi) is 3.30. The van der Waals surface area contributed by atoms with Gasteiger partial charge in [-0.25, -0.2) is 26.3 Å². The largest absolute Gasteiger partial charge is 0.266 e. The lowest BCUT2D eigenvalue weighted by Gasteiger charge is -2.29. The van der Waals surface area contributed by atoms with Crippen molar-refractivity contribution in [3.8, 4) is 0 Å². The normalized spacial score (nSPS) is 26.6. The van der Waals surface area contributed by atoms with E-state index in [2.05, 4.69) is 0 Å². The Hall–Kier alpha value is -0.360. The molecule has 0 radical (unpaired) electrons. The van der Waals surface area contributed by atoms with Crippen LogP contribution < -0.4 is 0 Å². The molecule has 0 aromatic rings. The second-order valence-electron chi connectivity index (χ2n) is 2.68. The van der Waals surface area contributed by atoms with Crippen molar-refractivity contribution in [1.29, 1.82) is 0 Å². The fraction of sp³-hybridized carbons (Fsp3) is 0.429. The van der Waals surface area contributed by atoms with Gasteiger partial charge in [0.15, 0.2) is 28.0 Å². The lowest BCUT2D eigenvalue weighted by atomic mass is 10.00. The van der Waals surface area contributed by atoms with Crippen LogP contribution in [0.15, 0.2) is 23.1 Å². The zero-order chi connectivity index (χ0) is 12.0. The van der Waals surface area contributed by atoms with E-state index in [4.69, 9.17) is 23.2 Å². The molecular weight excluding hydrogens is 269 g/mol. The van der Waals surface area contributed by atoms with Crippen LogP contribution in [0.25, 0.3) is 0 Å². The molecule has 0 bridgehead atoms. The van der Waals surface area contributed by atoms with Crippen LogP contribution in [0.4, 0.5) is 26.3 Å². The quantitative estimate of drug-likeness (QED) is 0.496. The van der Waals surface area contributed by atoms with E-state index in [0.29, 0.717) is 0 Å². The van der Waals surface area contributed by atoms with Gasteiger partial charge in [0.25, 0.3) is 6.43 Å². The summed E-state index contributed by atoms with van der Waals surface area (Å²) in [5, 5.41) is 0. The number of rotatable bonds is 1. The van der Waals surface area contributed by atoms with Crippen LogP contribution in [0, 0.1) is 0 Å². The summed E-state index contributed by atoms with van der Waals surface area (Å²) in [5.74, 6) is -6.84. The summed E-state index contributed by atoms with van der Waals surface area (Å²) < 4.78 is 72.1. The van der Waals surface area contributed by atoms with E-state index in [-0.39, 0.29) is 0 Å². The monoisotopic (exact) mass is 270 g/mol.